The maximum atomic E-state index is 11.2. The van der Waals surface area contributed by atoms with Gasteiger partial charge < -0.3 is 10.6 Å². The van der Waals surface area contributed by atoms with Crippen molar-refractivity contribution >= 4 is 28.2 Å². The summed E-state index contributed by atoms with van der Waals surface area (Å²) >= 11 is 5.95. The molecule has 0 aromatic carbocycles. The minimum absolute atomic E-state index is 0.340. The largest absolute Gasteiger partial charge is 0.355 e. The second-order valence-corrected chi connectivity index (χ2v) is 5.74. The van der Waals surface area contributed by atoms with Crippen LogP contribution in [0.25, 0.3) is 0 Å². The summed E-state index contributed by atoms with van der Waals surface area (Å²) in [5.41, 5.74) is 6.27. The van der Waals surface area contributed by atoms with E-state index >= 15 is 0 Å². The fourth-order valence-corrected chi connectivity index (χ4v) is 2.89. The first-order valence-corrected chi connectivity index (χ1v) is 7.02. The number of hydrogen-bond donors (Lipinski definition) is 1. The third kappa shape index (κ3) is 2.53. The van der Waals surface area contributed by atoms with Crippen LogP contribution in [-0.2, 0) is 17.3 Å². The van der Waals surface area contributed by atoms with Crippen LogP contribution in [0.5, 0.6) is 0 Å². The zero-order valence-corrected chi connectivity index (χ0v) is 10.4. The molecular formula is C10H14ClN3OS. The normalized spacial score (nSPS) is 17.8. The Hall–Kier alpha value is -0.650. The number of hydrogen-bond acceptors (Lipinski definition) is 4. The average Bonchev–Trinajstić information content (AvgIpc) is 2.31. The zero-order valence-electron chi connectivity index (χ0n) is 8.86. The van der Waals surface area contributed by atoms with Gasteiger partial charge in [0.2, 0.25) is 0 Å². The van der Waals surface area contributed by atoms with Crippen LogP contribution in [0.4, 0.5) is 5.82 Å². The number of pyridine rings is 1. The SMILES string of the molecule is NCc1nc(N2CCS(=O)CC2)ccc1Cl. The summed E-state index contributed by atoms with van der Waals surface area (Å²) in [4.78, 5) is 6.53. The highest BCUT2D eigenvalue weighted by molar-refractivity contribution is 7.85. The van der Waals surface area contributed by atoms with E-state index in [0.717, 1.165) is 18.9 Å². The van der Waals surface area contributed by atoms with Gasteiger partial charge in [0.1, 0.15) is 5.82 Å². The number of aromatic nitrogens is 1. The van der Waals surface area contributed by atoms with Gasteiger partial charge in [-0.25, -0.2) is 4.98 Å². The molecule has 2 heterocycles. The van der Waals surface area contributed by atoms with E-state index in [1.54, 1.807) is 0 Å². The molecule has 88 valence electrons. The molecular weight excluding hydrogens is 246 g/mol. The molecule has 1 aliphatic rings. The van der Waals surface area contributed by atoms with E-state index in [4.69, 9.17) is 17.3 Å². The summed E-state index contributed by atoms with van der Waals surface area (Å²) in [5.74, 6) is 2.30. The summed E-state index contributed by atoms with van der Waals surface area (Å²) in [5, 5.41) is 0.604. The third-order valence-corrected chi connectivity index (χ3v) is 4.22. The molecule has 2 rings (SSSR count). The number of rotatable bonds is 2. The van der Waals surface area contributed by atoms with Gasteiger partial charge in [-0.2, -0.15) is 0 Å². The van der Waals surface area contributed by atoms with E-state index in [2.05, 4.69) is 9.88 Å². The maximum Gasteiger partial charge on any atom is 0.129 e. The van der Waals surface area contributed by atoms with Gasteiger partial charge in [0.25, 0.3) is 0 Å². The molecule has 0 radical (unpaired) electrons. The molecule has 16 heavy (non-hydrogen) atoms. The summed E-state index contributed by atoms with van der Waals surface area (Å²) in [6.07, 6.45) is 0. The minimum atomic E-state index is -0.666. The van der Waals surface area contributed by atoms with Crippen LogP contribution in [-0.4, -0.2) is 33.8 Å². The van der Waals surface area contributed by atoms with Gasteiger partial charge in [-0.05, 0) is 12.1 Å². The number of anilines is 1. The summed E-state index contributed by atoms with van der Waals surface area (Å²) in [6, 6.07) is 3.70. The van der Waals surface area contributed by atoms with Crippen LogP contribution in [0, 0.1) is 0 Å². The molecule has 1 aliphatic heterocycles. The molecule has 6 heteroatoms. The smallest absolute Gasteiger partial charge is 0.129 e. The van der Waals surface area contributed by atoms with Gasteiger partial charge in [-0.15, -0.1) is 0 Å². The van der Waals surface area contributed by atoms with E-state index in [-0.39, 0.29) is 0 Å². The molecule has 1 saturated heterocycles. The Morgan fingerprint density at radius 3 is 2.75 bits per heavy atom. The lowest BCUT2D eigenvalue weighted by molar-refractivity contribution is 0.672. The van der Waals surface area contributed by atoms with E-state index in [1.165, 1.54) is 0 Å². The van der Waals surface area contributed by atoms with E-state index in [1.807, 2.05) is 12.1 Å². The van der Waals surface area contributed by atoms with Crippen molar-refractivity contribution in [1.29, 1.82) is 0 Å². The van der Waals surface area contributed by atoms with Crippen LogP contribution in [0.2, 0.25) is 5.02 Å². The third-order valence-electron chi connectivity index (χ3n) is 2.60. The van der Waals surface area contributed by atoms with Crippen LogP contribution in [0.15, 0.2) is 12.1 Å². The Bertz CT molecular complexity index is 403. The molecule has 1 aromatic heterocycles. The highest BCUT2D eigenvalue weighted by Crippen LogP contribution is 2.19. The molecule has 1 fully saturated rings. The van der Waals surface area contributed by atoms with Crippen molar-refractivity contribution in [2.75, 3.05) is 29.5 Å². The van der Waals surface area contributed by atoms with E-state index in [9.17, 15) is 4.21 Å². The second kappa shape index (κ2) is 5.12. The Morgan fingerprint density at radius 2 is 2.12 bits per heavy atom. The predicted octanol–water partition coefficient (Wildman–Crippen LogP) is 0.762. The molecule has 0 saturated carbocycles. The highest BCUT2D eigenvalue weighted by atomic mass is 35.5. The predicted molar refractivity (Wildman–Crippen MR) is 67.2 cm³/mol. The number of halogens is 1. The first-order valence-electron chi connectivity index (χ1n) is 5.16. The first-order chi connectivity index (χ1) is 7.70. The fraction of sp³-hybridized carbons (Fsp3) is 0.500. The second-order valence-electron chi connectivity index (χ2n) is 3.64. The number of nitrogens with zero attached hydrogens (tertiary/aromatic N) is 2. The molecule has 4 nitrogen and oxygen atoms in total. The first kappa shape index (κ1) is 11.8. The van der Waals surface area contributed by atoms with Gasteiger partial charge in [0.15, 0.2) is 0 Å². The topological polar surface area (TPSA) is 59.2 Å². The quantitative estimate of drug-likeness (QED) is 0.852. The van der Waals surface area contributed by atoms with Crippen LogP contribution in [0.1, 0.15) is 5.69 Å². The van der Waals surface area contributed by atoms with Crippen molar-refractivity contribution in [2.45, 2.75) is 6.54 Å². The lowest BCUT2D eigenvalue weighted by Gasteiger charge is -2.27. The Kier molecular flexibility index (Phi) is 3.78. The van der Waals surface area contributed by atoms with E-state index < -0.39 is 10.8 Å². The van der Waals surface area contributed by atoms with Crippen molar-refractivity contribution in [2.24, 2.45) is 5.73 Å². The van der Waals surface area contributed by atoms with Gasteiger partial charge in [-0.1, -0.05) is 11.6 Å². The monoisotopic (exact) mass is 259 g/mol. The minimum Gasteiger partial charge on any atom is -0.355 e. The molecule has 2 N–H and O–H groups in total. The molecule has 0 atom stereocenters. The maximum absolute atomic E-state index is 11.2. The van der Waals surface area contributed by atoms with Gasteiger partial charge in [0, 0.05) is 41.9 Å². The molecule has 0 unspecified atom stereocenters. The lowest BCUT2D eigenvalue weighted by atomic mass is 10.3. The van der Waals surface area contributed by atoms with Crippen LogP contribution >= 0.6 is 11.6 Å². The van der Waals surface area contributed by atoms with Gasteiger partial charge in [0.05, 0.1) is 10.7 Å². The van der Waals surface area contributed by atoms with Crippen LogP contribution in [0.3, 0.4) is 0 Å². The Morgan fingerprint density at radius 1 is 1.44 bits per heavy atom. The Labute approximate surface area is 102 Å². The van der Waals surface area contributed by atoms with Crippen molar-refractivity contribution < 1.29 is 4.21 Å². The van der Waals surface area contributed by atoms with Gasteiger partial charge in [-0.3, -0.25) is 4.21 Å². The van der Waals surface area contributed by atoms with Gasteiger partial charge >= 0.3 is 0 Å². The fourth-order valence-electron chi connectivity index (χ4n) is 1.66. The highest BCUT2D eigenvalue weighted by Gasteiger charge is 2.17. The number of nitrogens with two attached hydrogens (primary N) is 1. The average molecular weight is 260 g/mol. The lowest BCUT2D eigenvalue weighted by Crippen LogP contribution is -2.38. The Balaban J connectivity index is 2.17. The zero-order chi connectivity index (χ0) is 11.5. The summed E-state index contributed by atoms with van der Waals surface area (Å²) < 4.78 is 11.2. The van der Waals surface area contributed by atoms with Crippen LogP contribution < -0.4 is 10.6 Å². The van der Waals surface area contributed by atoms with Crippen molar-refractivity contribution in [1.82, 2.24) is 4.98 Å². The summed E-state index contributed by atoms with van der Waals surface area (Å²) in [6.45, 7) is 1.91. The molecule has 0 bridgehead atoms. The summed E-state index contributed by atoms with van der Waals surface area (Å²) in [7, 11) is -0.666. The molecule has 0 aliphatic carbocycles. The van der Waals surface area contributed by atoms with Crippen molar-refractivity contribution in [3.8, 4) is 0 Å². The van der Waals surface area contributed by atoms with Crippen molar-refractivity contribution in [3.05, 3.63) is 22.8 Å². The van der Waals surface area contributed by atoms with Crippen molar-refractivity contribution in [3.63, 3.8) is 0 Å². The molecule has 0 spiro atoms. The molecule has 1 aromatic rings. The van der Waals surface area contributed by atoms with E-state index in [0.29, 0.717) is 28.8 Å². The molecule has 0 amide bonds. The standard InChI is InChI=1S/C10H14ClN3OS/c11-8-1-2-10(13-9(8)7-12)14-3-5-16(15)6-4-14/h1-2H,3-7,12H2.